The fraction of sp³-hybridized carbons (Fsp3) is 0.300. The minimum atomic E-state index is -1.01. The Hall–Kier alpha value is -2.62. The lowest BCUT2D eigenvalue weighted by atomic mass is 9.91. The van der Waals surface area contributed by atoms with Gasteiger partial charge in [0.1, 0.15) is 5.60 Å². The fourth-order valence-electron chi connectivity index (χ4n) is 3.21. The molecule has 0 saturated carbocycles. The van der Waals surface area contributed by atoms with Crippen LogP contribution in [-0.4, -0.2) is 24.1 Å². The van der Waals surface area contributed by atoms with Gasteiger partial charge in [0.15, 0.2) is 0 Å². The van der Waals surface area contributed by atoms with Gasteiger partial charge in [-0.05, 0) is 43.0 Å². The third-order valence-corrected chi connectivity index (χ3v) is 4.03. The van der Waals surface area contributed by atoms with Gasteiger partial charge in [-0.3, -0.25) is 4.79 Å². The van der Waals surface area contributed by atoms with E-state index < -0.39 is 17.7 Å². The largest absolute Gasteiger partial charge is 0.457 e. The van der Waals surface area contributed by atoms with Crippen LogP contribution in [0.25, 0.3) is 11.1 Å². The van der Waals surface area contributed by atoms with E-state index in [1.54, 1.807) is 20.8 Å². The molecule has 0 radical (unpaired) electrons. The number of ether oxygens (including phenoxy) is 2. The lowest BCUT2D eigenvalue weighted by Crippen LogP contribution is -2.37. The summed E-state index contributed by atoms with van der Waals surface area (Å²) in [5.74, 6) is -0.899. The highest BCUT2D eigenvalue weighted by molar-refractivity contribution is 5.85. The SMILES string of the molecule is CC(C)(C)OC(=O)C(OC=O)C1c2ccccc2-c2ccccc21. The zero-order chi connectivity index (χ0) is 17.3. The van der Waals surface area contributed by atoms with Crippen LogP contribution in [0.15, 0.2) is 48.5 Å². The molecule has 1 atom stereocenters. The Balaban J connectivity index is 2.08. The highest BCUT2D eigenvalue weighted by atomic mass is 16.6. The molecule has 1 aliphatic carbocycles. The number of hydrogen-bond acceptors (Lipinski definition) is 4. The van der Waals surface area contributed by atoms with Crippen LogP contribution in [0.5, 0.6) is 0 Å². The van der Waals surface area contributed by atoms with Crippen molar-refractivity contribution < 1.29 is 19.1 Å². The minimum absolute atomic E-state index is 0.318. The number of carbonyl (C=O) groups is 2. The standard InChI is InChI=1S/C20H20O4/c1-20(2,3)24-19(22)18(23-12-21)17-15-10-6-4-8-13(15)14-9-5-7-11-16(14)17/h4-12,17-18H,1-3H3. The van der Waals surface area contributed by atoms with E-state index in [-0.39, 0.29) is 5.92 Å². The van der Waals surface area contributed by atoms with Crippen LogP contribution in [-0.2, 0) is 19.1 Å². The number of rotatable bonds is 4. The number of esters is 1. The summed E-state index contributed by atoms with van der Waals surface area (Å²) in [5, 5.41) is 0. The van der Waals surface area contributed by atoms with Crippen molar-refractivity contribution in [2.75, 3.05) is 0 Å². The van der Waals surface area contributed by atoms with Crippen LogP contribution in [0.4, 0.5) is 0 Å². The number of hydrogen-bond donors (Lipinski definition) is 0. The molecule has 2 aromatic rings. The van der Waals surface area contributed by atoms with Gasteiger partial charge in [0.25, 0.3) is 6.47 Å². The Morgan fingerprint density at radius 3 is 1.96 bits per heavy atom. The van der Waals surface area contributed by atoms with Gasteiger partial charge in [-0.15, -0.1) is 0 Å². The van der Waals surface area contributed by atoms with Crippen LogP contribution in [0.2, 0.25) is 0 Å². The van der Waals surface area contributed by atoms with Crippen molar-refractivity contribution >= 4 is 12.4 Å². The van der Waals surface area contributed by atoms with Gasteiger partial charge in [0.2, 0.25) is 6.10 Å². The molecule has 24 heavy (non-hydrogen) atoms. The van der Waals surface area contributed by atoms with E-state index in [0.717, 1.165) is 22.3 Å². The summed E-state index contributed by atoms with van der Waals surface area (Å²) in [4.78, 5) is 23.7. The second-order valence-electron chi connectivity index (χ2n) is 6.84. The van der Waals surface area contributed by atoms with Crippen molar-refractivity contribution in [3.63, 3.8) is 0 Å². The molecule has 2 aromatic carbocycles. The molecule has 0 aromatic heterocycles. The van der Waals surface area contributed by atoms with Crippen molar-refractivity contribution in [2.24, 2.45) is 0 Å². The van der Waals surface area contributed by atoms with E-state index in [0.29, 0.717) is 6.47 Å². The molecule has 124 valence electrons. The van der Waals surface area contributed by atoms with Crippen LogP contribution in [0, 0.1) is 0 Å². The van der Waals surface area contributed by atoms with Crippen LogP contribution < -0.4 is 0 Å². The molecular weight excluding hydrogens is 304 g/mol. The molecule has 0 N–H and O–H groups in total. The molecule has 1 aliphatic rings. The first-order chi connectivity index (χ1) is 11.4. The van der Waals surface area contributed by atoms with Gasteiger partial charge in [0.05, 0.1) is 5.92 Å². The fourth-order valence-corrected chi connectivity index (χ4v) is 3.21. The molecule has 0 heterocycles. The van der Waals surface area contributed by atoms with Crippen molar-refractivity contribution in [3.8, 4) is 11.1 Å². The minimum Gasteiger partial charge on any atom is -0.457 e. The topological polar surface area (TPSA) is 52.6 Å². The second kappa shape index (κ2) is 6.11. The summed E-state index contributed by atoms with van der Waals surface area (Å²) in [5.41, 5.74) is 3.40. The van der Waals surface area contributed by atoms with Crippen molar-refractivity contribution in [2.45, 2.75) is 38.4 Å². The molecule has 4 nitrogen and oxygen atoms in total. The Labute approximate surface area is 141 Å². The average molecular weight is 324 g/mol. The number of carbonyl (C=O) groups excluding carboxylic acids is 2. The third-order valence-electron chi connectivity index (χ3n) is 4.03. The molecule has 4 heteroatoms. The Kier molecular flexibility index (Phi) is 4.14. The predicted octanol–water partition coefficient (Wildman–Crippen LogP) is 3.68. The normalized spacial score (nSPS) is 14.5. The van der Waals surface area contributed by atoms with Crippen LogP contribution in [0.1, 0.15) is 37.8 Å². The van der Waals surface area contributed by atoms with E-state index in [1.165, 1.54) is 0 Å². The van der Waals surface area contributed by atoms with Gasteiger partial charge < -0.3 is 9.47 Å². The highest BCUT2D eigenvalue weighted by Crippen LogP contribution is 2.47. The van der Waals surface area contributed by atoms with Crippen LogP contribution in [0.3, 0.4) is 0 Å². The molecule has 0 amide bonds. The van der Waals surface area contributed by atoms with E-state index >= 15 is 0 Å². The Morgan fingerprint density at radius 2 is 1.50 bits per heavy atom. The number of fused-ring (bicyclic) bond motifs is 3. The van der Waals surface area contributed by atoms with Crippen molar-refractivity contribution in [1.82, 2.24) is 0 Å². The average Bonchev–Trinajstić information content (AvgIpc) is 2.85. The molecule has 0 aliphatic heterocycles. The Bertz CT molecular complexity index is 728. The van der Waals surface area contributed by atoms with Gasteiger partial charge in [-0.2, -0.15) is 0 Å². The first-order valence-corrected chi connectivity index (χ1v) is 7.92. The highest BCUT2D eigenvalue weighted by Gasteiger charge is 2.41. The predicted molar refractivity (Wildman–Crippen MR) is 90.5 cm³/mol. The molecular formula is C20H20O4. The maximum Gasteiger partial charge on any atom is 0.348 e. The maximum absolute atomic E-state index is 12.6. The lowest BCUT2D eigenvalue weighted by Gasteiger charge is -2.27. The number of benzene rings is 2. The zero-order valence-electron chi connectivity index (χ0n) is 14.0. The summed E-state index contributed by atoms with van der Waals surface area (Å²) in [7, 11) is 0. The van der Waals surface area contributed by atoms with E-state index in [4.69, 9.17) is 9.47 Å². The summed E-state index contributed by atoms with van der Waals surface area (Å²) >= 11 is 0. The van der Waals surface area contributed by atoms with Gasteiger partial charge in [-0.25, -0.2) is 4.79 Å². The Morgan fingerprint density at radius 1 is 1.00 bits per heavy atom. The molecule has 1 unspecified atom stereocenters. The summed E-state index contributed by atoms with van der Waals surface area (Å²) in [6.07, 6.45) is -1.01. The van der Waals surface area contributed by atoms with Gasteiger partial charge >= 0.3 is 5.97 Å². The van der Waals surface area contributed by atoms with Crippen LogP contribution >= 0.6 is 0 Å². The monoisotopic (exact) mass is 324 g/mol. The maximum atomic E-state index is 12.6. The van der Waals surface area contributed by atoms with Crippen molar-refractivity contribution in [3.05, 3.63) is 59.7 Å². The van der Waals surface area contributed by atoms with E-state index in [9.17, 15) is 9.59 Å². The summed E-state index contributed by atoms with van der Waals surface area (Å²) in [6.45, 7) is 5.69. The zero-order valence-corrected chi connectivity index (χ0v) is 14.0. The summed E-state index contributed by atoms with van der Waals surface area (Å²) < 4.78 is 10.7. The molecule has 0 bridgehead atoms. The molecule has 0 fully saturated rings. The molecule has 0 spiro atoms. The summed E-state index contributed by atoms with van der Waals surface area (Å²) in [6, 6.07) is 15.7. The van der Waals surface area contributed by atoms with Gasteiger partial charge in [-0.1, -0.05) is 48.5 Å². The third kappa shape index (κ3) is 2.92. The molecule has 0 saturated heterocycles. The van der Waals surface area contributed by atoms with E-state index in [2.05, 4.69) is 0 Å². The van der Waals surface area contributed by atoms with Gasteiger partial charge in [0, 0.05) is 0 Å². The smallest absolute Gasteiger partial charge is 0.348 e. The van der Waals surface area contributed by atoms with E-state index in [1.807, 2.05) is 48.5 Å². The molecule has 3 rings (SSSR count). The quantitative estimate of drug-likeness (QED) is 0.636. The first kappa shape index (κ1) is 16.2. The lowest BCUT2D eigenvalue weighted by molar-refractivity contribution is -0.171. The van der Waals surface area contributed by atoms with Crippen molar-refractivity contribution in [1.29, 1.82) is 0 Å². The first-order valence-electron chi connectivity index (χ1n) is 7.92. The second-order valence-corrected chi connectivity index (χ2v) is 6.84.